The summed E-state index contributed by atoms with van der Waals surface area (Å²) in [4.78, 5) is 19.4. The Hall–Kier alpha value is -3.31. The van der Waals surface area contributed by atoms with Crippen LogP contribution in [0.1, 0.15) is 32.6 Å². The van der Waals surface area contributed by atoms with Crippen LogP contribution in [0.4, 0.5) is 21.7 Å². The molecule has 10 nitrogen and oxygen atoms in total. The summed E-state index contributed by atoms with van der Waals surface area (Å²) in [6.07, 6.45) is 8.01. The van der Waals surface area contributed by atoms with Crippen molar-refractivity contribution in [3.8, 4) is 5.75 Å². The van der Waals surface area contributed by atoms with E-state index in [4.69, 9.17) is 9.47 Å². The van der Waals surface area contributed by atoms with Gasteiger partial charge in [0.15, 0.2) is 11.6 Å². The molecule has 3 heterocycles. The third-order valence-electron chi connectivity index (χ3n) is 6.65. The number of rotatable bonds is 8. The van der Waals surface area contributed by atoms with E-state index in [2.05, 4.69) is 47.6 Å². The maximum atomic E-state index is 14.8. The Morgan fingerprint density at radius 1 is 1.08 bits per heavy atom. The number of halogens is 1. The summed E-state index contributed by atoms with van der Waals surface area (Å²) in [6.45, 7) is 4.70. The molecule has 11 heteroatoms. The standard InChI is InChI=1S/C25H32FN7O3/c1-16(14-34)31-24-22(26)25(30-15-29-24)32-17-2-4-19(5-3-17)36-21-13-18(33-8-10-35-11-9-33)12-20-23(21)28-7-6-27-20/h6-7,12-13,15-17,19,34H,2-5,8-11,14H2,1H3,(H2,29,30,31,32)/t16-,17?,19?/m1/s1. The summed E-state index contributed by atoms with van der Waals surface area (Å²) in [5, 5.41) is 15.3. The fraction of sp³-hybridized carbons (Fsp3) is 0.520. The molecule has 0 unspecified atom stereocenters. The van der Waals surface area contributed by atoms with Gasteiger partial charge in [-0.25, -0.2) is 15.0 Å². The van der Waals surface area contributed by atoms with Crippen molar-refractivity contribution < 1.29 is 19.0 Å². The number of nitrogens with one attached hydrogen (secondary N) is 2. The van der Waals surface area contributed by atoms with Gasteiger partial charge >= 0.3 is 0 Å². The summed E-state index contributed by atoms with van der Waals surface area (Å²) < 4.78 is 26.8. The van der Waals surface area contributed by atoms with Gasteiger partial charge in [0.25, 0.3) is 0 Å². The Labute approximate surface area is 209 Å². The number of morpholine rings is 1. The number of aliphatic hydroxyl groups excluding tert-OH is 1. The summed E-state index contributed by atoms with van der Waals surface area (Å²) in [7, 11) is 0. The molecule has 3 aromatic rings. The maximum Gasteiger partial charge on any atom is 0.207 e. The van der Waals surface area contributed by atoms with E-state index >= 15 is 0 Å². The van der Waals surface area contributed by atoms with Crippen LogP contribution in [-0.2, 0) is 4.74 Å². The molecule has 0 radical (unpaired) electrons. The molecule has 1 saturated carbocycles. The molecule has 2 fully saturated rings. The molecule has 3 N–H and O–H groups in total. The lowest BCUT2D eigenvalue weighted by molar-refractivity contribution is 0.122. The highest BCUT2D eigenvalue weighted by atomic mass is 19.1. The van der Waals surface area contributed by atoms with Crippen molar-refractivity contribution >= 4 is 28.4 Å². The summed E-state index contributed by atoms with van der Waals surface area (Å²) in [6, 6.07) is 3.89. The molecule has 1 aliphatic carbocycles. The summed E-state index contributed by atoms with van der Waals surface area (Å²) in [5.41, 5.74) is 2.64. The van der Waals surface area contributed by atoms with Crippen molar-refractivity contribution in [2.24, 2.45) is 0 Å². The van der Waals surface area contributed by atoms with Crippen molar-refractivity contribution in [1.29, 1.82) is 0 Å². The number of hydrogen-bond donors (Lipinski definition) is 3. The zero-order chi connectivity index (χ0) is 24.9. The van der Waals surface area contributed by atoms with Crippen LogP contribution >= 0.6 is 0 Å². The number of anilines is 3. The van der Waals surface area contributed by atoms with Gasteiger partial charge < -0.3 is 30.1 Å². The molecule has 2 aliphatic rings. The van der Waals surface area contributed by atoms with E-state index in [1.54, 1.807) is 19.3 Å². The SMILES string of the molecule is C[C@H](CO)Nc1ncnc(NC2CCC(Oc3cc(N4CCOCC4)cc4nccnc34)CC2)c1F. The van der Waals surface area contributed by atoms with Crippen LogP contribution in [0.2, 0.25) is 0 Å². The fourth-order valence-electron chi connectivity index (χ4n) is 4.67. The monoisotopic (exact) mass is 497 g/mol. The zero-order valence-corrected chi connectivity index (χ0v) is 20.4. The second-order valence-corrected chi connectivity index (χ2v) is 9.32. The minimum atomic E-state index is -0.541. The number of benzene rings is 1. The van der Waals surface area contributed by atoms with Gasteiger partial charge in [0, 0.05) is 49.3 Å². The number of nitrogens with zero attached hydrogens (tertiary/aromatic N) is 5. The molecule has 5 rings (SSSR count). The molecular formula is C25H32FN7O3. The predicted octanol–water partition coefficient (Wildman–Crippen LogP) is 2.99. The molecule has 0 amide bonds. The third-order valence-corrected chi connectivity index (χ3v) is 6.65. The van der Waals surface area contributed by atoms with E-state index in [-0.39, 0.29) is 36.4 Å². The topological polar surface area (TPSA) is 118 Å². The summed E-state index contributed by atoms with van der Waals surface area (Å²) >= 11 is 0. The number of fused-ring (bicyclic) bond motifs is 1. The molecule has 1 aliphatic heterocycles. The van der Waals surface area contributed by atoms with Crippen LogP contribution in [-0.4, -0.2) is 76.1 Å². The van der Waals surface area contributed by atoms with Crippen molar-refractivity contribution in [2.75, 3.05) is 48.4 Å². The third kappa shape index (κ3) is 5.57. The lowest BCUT2D eigenvalue weighted by Crippen LogP contribution is -2.36. The average Bonchev–Trinajstić information content (AvgIpc) is 2.92. The molecule has 1 saturated heterocycles. The fourth-order valence-corrected chi connectivity index (χ4v) is 4.67. The first-order chi connectivity index (χ1) is 17.6. The second-order valence-electron chi connectivity index (χ2n) is 9.32. The highest BCUT2D eigenvalue weighted by molar-refractivity contribution is 5.85. The first kappa shape index (κ1) is 24.4. The molecule has 1 aromatic carbocycles. The Bertz CT molecular complexity index is 1170. The number of aromatic nitrogens is 4. The molecule has 2 aromatic heterocycles. The van der Waals surface area contributed by atoms with Gasteiger partial charge in [-0.15, -0.1) is 0 Å². The lowest BCUT2D eigenvalue weighted by atomic mass is 9.93. The smallest absolute Gasteiger partial charge is 0.207 e. The van der Waals surface area contributed by atoms with Gasteiger partial charge in [0.2, 0.25) is 5.82 Å². The van der Waals surface area contributed by atoms with Gasteiger partial charge in [0.05, 0.1) is 31.4 Å². The molecule has 192 valence electrons. The van der Waals surface area contributed by atoms with E-state index in [1.807, 2.05) is 0 Å². The molecular weight excluding hydrogens is 465 g/mol. The molecule has 1 atom stereocenters. The Balaban J connectivity index is 1.24. The van der Waals surface area contributed by atoms with Crippen molar-refractivity contribution in [2.45, 2.75) is 50.8 Å². The van der Waals surface area contributed by atoms with Gasteiger partial charge in [-0.3, -0.25) is 4.98 Å². The Morgan fingerprint density at radius 2 is 1.83 bits per heavy atom. The summed E-state index contributed by atoms with van der Waals surface area (Å²) in [5.74, 6) is 0.455. The first-order valence-electron chi connectivity index (χ1n) is 12.5. The number of aliphatic hydroxyl groups is 1. The van der Waals surface area contributed by atoms with Crippen molar-refractivity contribution in [1.82, 2.24) is 19.9 Å². The maximum absolute atomic E-state index is 14.8. The van der Waals surface area contributed by atoms with Crippen molar-refractivity contribution in [3.63, 3.8) is 0 Å². The highest BCUT2D eigenvalue weighted by Gasteiger charge is 2.26. The number of ether oxygens (including phenoxy) is 2. The molecule has 0 spiro atoms. The predicted molar refractivity (Wildman–Crippen MR) is 135 cm³/mol. The van der Waals surface area contributed by atoms with Crippen molar-refractivity contribution in [3.05, 3.63) is 36.7 Å². The minimum absolute atomic E-state index is 0.0334. The van der Waals surface area contributed by atoms with Crippen LogP contribution in [0.25, 0.3) is 11.0 Å². The minimum Gasteiger partial charge on any atom is -0.488 e. The van der Waals surface area contributed by atoms with Crippen LogP contribution in [0.3, 0.4) is 0 Å². The van der Waals surface area contributed by atoms with Crippen LogP contribution < -0.4 is 20.3 Å². The van der Waals surface area contributed by atoms with Gasteiger partial charge in [0.1, 0.15) is 17.6 Å². The van der Waals surface area contributed by atoms with Gasteiger partial charge in [-0.1, -0.05) is 0 Å². The van der Waals surface area contributed by atoms with Gasteiger partial charge in [-0.2, -0.15) is 4.39 Å². The average molecular weight is 498 g/mol. The largest absolute Gasteiger partial charge is 0.488 e. The molecule has 0 bridgehead atoms. The van der Waals surface area contributed by atoms with E-state index in [0.717, 1.165) is 61.2 Å². The Morgan fingerprint density at radius 3 is 2.61 bits per heavy atom. The van der Waals surface area contributed by atoms with Crippen LogP contribution in [0.15, 0.2) is 30.9 Å². The van der Waals surface area contributed by atoms with E-state index in [0.29, 0.717) is 13.2 Å². The normalized spacial score (nSPS) is 21.2. The van der Waals surface area contributed by atoms with E-state index in [9.17, 15) is 9.50 Å². The zero-order valence-electron chi connectivity index (χ0n) is 20.4. The van der Waals surface area contributed by atoms with E-state index < -0.39 is 5.82 Å². The lowest BCUT2D eigenvalue weighted by Gasteiger charge is -2.31. The highest BCUT2D eigenvalue weighted by Crippen LogP contribution is 2.33. The van der Waals surface area contributed by atoms with E-state index in [1.165, 1.54) is 6.33 Å². The quantitative estimate of drug-likeness (QED) is 0.429. The number of hydrogen-bond acceptors (Lipinski definition) is 10. The molecule has 36 heavy (non-hydrogen) atoms. The van der Waals surface area contributed by atoms with Gasteiger partial charge in [-0.05, 0) is 38.7 Å². The van der Waals surface area contributed by atoms with Crippen LogP contribution in [0.5, 0.6) is 5.75 Å². The second kappa shape index (κ2) is 11.2. The van der Waals surface area contributed by atoms with Crippen LogP contribution in [0, 0.1) is 5.82 Å². The Kier molecular flexibility index (Phi) is 7.57. The first-order valence-corrected chi connectivity index (χ1v) is 12.5.